The summed E-state index contributed by atoms with van der Waals surface area (Å²) in [6.45, 7) is 3.18. The number of rotatable bonds is 3. The highest BCUT2D eigenvalue weighted by molar-refractivity contribution is 7.89. The first-order chi connectivity index (χ1) is 10.9. The first-order valence-corrected chi connectivity index (χ1v) is 8.74. The summed E-state index contributed by atoms with van der Waals surface area (Å²) in [4.78, 5) is 11.4. The average Bonchev–Trinajstić information content (AvgIpc) is 2.53. The number of benzene rings is 1. The number of ether oxygens (including phenoxy) is 2. The van der Waals surface area contributed by atoms with Gasteiger partial charge in [0.2, 0.25) is 10.0 Å². The molecule has 24 heavy (non-hydrogen) atoms. The fraction of sp³-hybridized carbons (Fsp3) is 0.500. The van der Waals surface area contributed by atoms with Crippen molar-refractivity contribution in [2.75, 3.05) is 38.7 Å². The Morgan fingerprint density at radius 1 is 1.38 bits per heavy atom. The minimum atomic E-state index is -3.71. The van der Waals surface area contributed by atoms with Gasteiger partial charge in [-0.2, -0.15) is 4.31 Å². The lowest BCUT2D eigenvalue weighted by Crippen LogP contribution is -2.51. The van der Waals surface area contributed by atoms with Gasteiger partial charge >= 0.3 is 0 Å². The minimum absolute atomic E-state index is 0. The molecule has 1 saturated heterocycles. The summed E-state index contributed by atoms with van der Waals surface area (Å²) in [6, 6.07) is 2.97. The van der Waals surface area contributed by atoms with E-state index in [1.165, 1.54) is 23.5 Å². The number of hydrogen-bond acceptors (Lipinski definition) is 6. The van der Waals surface area contributed by atoms with Crippen LogP contribution in [-0.2, 0) is 14.8 Å². The van der Waals surface area contributed by atoms with Gasteiger partial charge in [-0.25, -0.2) is 8.42 Å². The Hall–Kier alpha value is -1.55. The van der Waals surface area contributed by atoms with Gasteiger partial charge < -0.3 is 20.1 Å². The third kappa shape index (κ3) is 3.44. The Bertz CT molecular complexity index is 740. The number of hydrogen-bond donors (Lipinski definition) is 2. The number of carbonyl (C=O) groups is 1. The van der Waals surface area contributed by atoms with Crippen molar-refractivity contribution < 1.29 is 22.7 Å². The molecule has 2 N–H and O–H groups in total. The van der Waals surface area contributed by atoms with Gasteiger partial charge in [0.1, 0.15) is 16.4 Å². The molecule has 0 unspecified atom stereocenters. The molecule has 0 aromatic heterocycles. The van der Waals surface area contributed by atoms with E-state index >= 15 is 0 Å². The molecule has 0 bridgehead atoms. The molecule has 1 aromatic rings. The highest BCUT2D eigenvalue weighted by Gasteiger charge is 2.32. The number of nitrogens with zero attached hydrogens (tertiary/aromatic N) is 1. The van der Waals surface area contributed by atoms with Crippen LogP contribution in [0.25, 0.3) is 0 Å². The van der Waals surface area contributed by atoms with Gasteiger partial charge in [0.15, 0.2) is 6.61 Å². The third-order valence-corrected chi connectivity index (χ3v) is 5.73. The minimum Gasteiger partial charge on any atom is -0.495 e. The standard InChI is InChI=1S/C14H19N3O5S.ClH/c1-9-7-17(4-3-15-9)23(19,20)13-6-11-10(5-12(13)21-2)16-14(18)8-22-11;/h5-6,9,15H,3-4,7-8H2,1-2H3,(H,16,18);1H/t9-;/m1./s1. The Morgan fingerprint density at radius 2 is 2.12 bits per heavy atom. The quantitative estimate of drug-likeness (QED) is 0.793. The molecule has 10 heteroatoms. The Kier molecular flexibility index (Phi) is 5.59. The van der Waals surface area contributed by atoms with Crippen LogP contribution in [0.2, 0.25) is 0 Å². The van der Waals surface area contributed by atoms with Gasteiger partial charge in [0.05, 0.1) is 12.8 Å². The SMILES string of the molecule is COc1cc2c(cc1S(=O)(=O)N1CCN[C@H](C)C1)OCC(=O)N2.Cl. The molecule has 2 heterocycles. The molecule has 1 atom stereocenters. The molecule has 0 spiro atoms. The molecular formula is C14H20ClN3O5S. The van der Waals surface area contributed by atoms with E-state index in [0.717, 1.165) is 0 Å². The molecule has 1 fully saturated rings. The summed E-state index contributed by atoms with van der Waals surface area (Å²) in [6.07, 6.45) is 0. The van der Waals surface area contributed by atoms with Crippen molar-refractivity contribution in [3.8, 4) is 11.5 Å². The highest BCUT2D eigenvalue weighted by atomic mass is 35.5. The summed E-state index contributed by atoms with van der Waals surface area (Å²) in [5, 5.41) is 5.85. The predicted octanol–water partition coefficient (Wildman–Crippen LogP) is 0.430. The molecule has 0 saturated carbocycles. The van der Waals surface area contributed by atoms with Gasteiger partial charge in [-0.15, -0.1) is 12.4 Å². The topological polar surface area (TPSA) is 97.0 Å². The van der Waals surface area contributed by atoms with Crippen LogP contribution in [0, 0.1) is 0 Å². The fourth-order valence-electron chi connectivity index (χ4n) is 2.70. The first-order valence-electron chi connectivity index (χ1n) is 7.30. The summed E-state index contributed by atoms with van der Waals surface area (Å²) < 4.78 is 37.8. The molecule has 8 nitrogen and oxygen atoms in total. The number of methoxy groups -OCH3 is 1. The maximum atomic E-state index is 12.9. The predicted molar refractivity (Wildman–Crippen MR) is 90.6 cm³/mol. The molecule has 3 rings (SSSR count). The zero-order valence-corrected chi connectivity index (χ0v) is 15.0. The third-order valence-electron chi connectivity index (χ3n) is 3.85. The molecular weight excluding hydrogens is 358 g/mol. The normalized spacial score (nSPS) is 21.1. The van der Waals surface area contributed by atoms with E-state index in [1.807, 2.05) is 6.92 Å². The number of carbonyl (C=O) groups excluding carboxylic acids is 1. The summed E-state index contributed by atoms with van der Waals surface area (Å²) in [5.41, 5.74) is 0.408. The number of amides is 1. The molecule has 1 aromatic carbocycles. The maximum absolute atomic E-state index is 12.9. The van der Waals surface area contributed by atoms with Crippen molar-refractivity contribution in [3.05, 3.63) is 12.1 Å². The van der Waals surface area contributed by atoms with Gasteiger partial charge in [-0.05, 0) is 6.92 Å². The lowest BCUT2D eigenvalue weighted by atomic mass is 10.2. The van der Waals surface area contributed by atoms with E-state index < -0.39 is 10.0 Å². The van der Waals surface area contributed by atoms with E-state index in [0.29, 0.717) is 31.1 Å². The highest BCUT2D eigenvalue weighted by Crippen LogP contribution is 2.38. The maximum Gasteiger partial charge on any atom is 0.262 e. The van der Waals surface area contributed by atoms with Crippen LogP contribution < -0.4 is 20.1 Å². The number of anilines is 1. The number of fused-ring (bicyclic) bond motifs is 1. The molecule has 134 valence electrons. The number of piperazine rings is 1. The van der Waals surface area contributed by atoms with Crippen LogP contribution in [0.4, 0.5) is 5.69 Å². The molecule has 2 aliphatic rings. The monoisotopic (exact) mass is 377 g/mol. The Morgan fingerprint density at radius 3 is 2.79 bits per heavy atom. The largest absolute Gasteiger partial charge is 0.495 e. The lowest BCUT2D eigenvalue weighted by Gasteiger charge is -2.31. The fourth-order valence-corrected chi connectivity index (χ4v) is 4.39. The van der Waals surface area contributed by atoms with E-state index in [2.05, 4.69) is 10.6 Å². The van der Waals surface area contributed by atoms with Crippen LogP contribution >= 0.6 is 12.4 Å². The van der Waals surface area contributed by atoms with Crippen molar-refractivity contribution in [1.82, 2.24) is 9.62 Å². The number of nitrogens with one attached hydrogen (secondary N) is 2. The van der Waals surface area contributed by atoms with Gasteiger partial charge in [0.25, 0.3) is 5.91 Å². The number of halogens is 1. The molecule has 0 radical (unpaired) electrons. The van der Waals surface area contributed by atoms with Crippen molar-refractivity contribution in [2.24, 2.45) is 0 Å². The zero-order valence-electron chi connectivity index (χ0n) is 13.4. The second-order valence-corrected chi connectivity index (χ2v) is 7.46. The van der Waals surface area contributed by atoms with Crippen molar-refractivity contribution in [1.29, 1.82) is 0 Å². The van der Waals surface area contributed by atoms with Crippen molar-refractivity contribution >= 4 is 34.0 Å². The molecule has 1 amide bonds. The van der Waals surface area contributed by atoms with Gasteiger partial charge in [0, 0.05) is 37.8 Å². The summed E-state index contributed by atoms with van der Waals surface area (Å²) in [5.74, 6) is 0.221. The second-order valence-electron chi connectivity index (χ2n) is 5.55. The molecule has 2 aliphatic heterocycles. The van der Waals surface area contributed by atoms with Crippen LogP contribution in [0.15, 0.2) is 17.0 Å². The Labute approximate surface area is 147 Å². The summed E-state index contributed by atoms with van der Waals surface area (Å²) >= 11 is 0. The van der Waals surface area contributed by atoms with Gasteiger partial charge in [-0.1, -0.05) is 0 Å². The lowest BCUT2D eigenvalue weighted by molar-refractivity contribution is -0.118. The van der Waals surface area contributed by atoms with E-state index in [9.17, 15) is 13.2 Å². The second kappa shape index (κ2) is 7.14. The zero-order chi connectivity index (χ0) is 16.6. The van der Waals surface area contributed by atoms with Crippen molar-refractivity contribution in [3.63, 3.8) is 0 Å². The van der Waals surface area contributed by atoms with Crippen LogP contribution in [0.3, 0.4) is 0 Å². The van der Waals surface area contributed by atoms with Crippen LogP contribution in [0.5, 0.6) is 11.5 Å². The smallest absolute Gasteiger partial charge is 0.262 e. The first kappa shape index (κ1) is 18.8. The summed E-state index contributed by atoms with van der Waals surface area (Å²) in [7, 11) is -2.31. The van der Waals surface area contributed by atoms with E-state index in [1.54, 1.807) is 0 Å². The van der Waals surface area contributed by atoms with Gasteiger partial charge in [-0.3, -0.25) is 4.79 Å². The average molecular weight is 378 g/mol. The number of sulfonamides is 1. The van der Waals surface area contributed by atoms with Crippen LogP contribution in [-0.4, -0.2) is 58.0 Å². The van der Waals surface area contributed by atoms with Crippen molar-refractivity contribution in [2.45, 2.75) is 17.9 Å². The Balaban J connectivity index is 0.00000208. The van der Waals surface area contributed by atoms with E-state index in [-0.39, 0.29) is 41.6 Å². The molecule has 0 aliphatic carbocycles. The van der Waals surface area contributed by atoms with Crippen LogP contribution in [0.1, 0.15) is 6.92 Å². The van der Waals surface area contributed by atoms with E-state index in [4.69, 9.17) is 9.47 Å².